The number of nitrogens with two attached hydrogens (primary N) is 1. The van der Waals surface area contributed by atoms with Crippen LogP contribution >= 0.6 is 0 Å². The summed E-state index contributed by atoms with van der Waals surface area (Å²) in [4.78, 5) is 77.4. The van der Waals surface area contributed by atoms with Crippen LogP contribution in [0.1, 0.15) is 113 Å². The Balaban J connectivity index is 1.16. The zero-order valence-corrected chi connectivity index (χ0v) is 40.1. The molecule has 1 unspecified atom stereocenters. The molecule has 9 N–H and O–H groups in total. The number of ether oxygens (including phenoxy) is 6. The number of esters is 2. The molecule has 0 amide bonds. The molecule has 20 atom stereocenters. The Morgan fingerprint density at radius 2 is 1.41 bits per heavy atom. The standard InChI is InChI=1S/C48H71NO19/c1-43(2)26-9-12-48(7)36(25(51)18-22-23-19-45(4,42(61)62)14-13-44(23,3)15-16-47(22,48)6)46(26,5)11-10-27(43)65-41-35(68-40-32(56)28(52)29(53)33(66-40)37(57)58)31(55)30(54)34(67-41)39(60)64-20-21(50)17-24(49)38(59)63-8/h18,23-24,26-36,40-41,52-56H,9-17,19-20,49H2,1-8H3,(H,57,58)(H,61,62)/t23-,24?,26-,27-,28-,29-,30-,31-,32+,33-,34-,35+,36+,40-,41-,44+,45-,46-,47+,48+/m0/s1. The van der Waals surface area contributed by atoms with Crippen LogP contribution in [0.3, 0.4) is 0 Å². The van der Waals surface area contributed by atoms with Gasteiger partial charge < -0.3 is 69.9 Å². The number of Topliss-reactive ketones (excluding diaryl/α,β-unsaturated/α-hetero) is 1. The summed E-state index contributed by atoms with van der Waals surface area (Å²) in [5.41, 5.74) is 3.52. The number of rotatable bonds is 12. The molecule has 5 aliphatic carbocycles. The van der Waals surface area contributed by atoms with E-state index in [-0.39, 0.29) is 28.4 Å². The Kier molecular flexibility index (Phi) is 14.1. The highest BCUT2D eigenvalue weighted by Gasteiger charge is 2.71. The van der Waals surface area contributed by atoms with Gasteiger partial charge in [-0.15, -0.1) is 0 Å². The van der Waals surface area contributed by atoms with E-state index in [1.807, 2.05) is 26.8 Å². The van der Waals surface area contributed by atoms with Crippen molar-refractivity contribution in [1.29, 1.82) is 0 Å². The SMILES string of the molecule is COC(=O)C(N)CC(=O)COC(=O)[C@H]1O[C@H](O[C@H]2CC[C@]3(C)[C@H]4C(=O)C=C5[C@@H]6C[C@@](C)(C(=O)O)CC[C@]6(C)CC[C@@]5(C)[C@]4(C)CC[C@H]3C2(C)C)[C@H](O[C@@H]2O[C@H](C(=O)O)[C@@H](O)[C@H](O)[C@H]2O)[C@@H](O)[C@@H]1O. The van der Waals surface area contributed by atoms with Crippen molar-refractivity contribution in [2.24, 2.45) is 56.0 Å². The van der Waals surface area contributed by atoms with Gasteiger partial charge in [0.1, 0.15) is 49.3 Å². The third kappa shape index (κ3) is 8.44. The van der Waals surface area contributed by atoms with Gasteiger partial charge >= 0.3 is 23.9 Å². The molecular weight excluding hydrogens is 895 g/mol. The number of carboxylic acid groups (broad SMARTS) is 2. The zero-order valence-electron chi connectivity index (χ0n) is 40.1. The monoisotopic (exact) mass is 965 g/mol. The number of aliphatic hydroxyl groups excluding tert-OH is 5. The summed E-state index contributed by atoms with van der Waals surface area (Å²) in [6.45, 7) is 13.8. The van der Waals surface area contributed by atoms with Crippen LogP contribution < -0.4 is 5.73 Å². The van der Waals surface area contributed by atoms with E-state index in [4.69, 9.17) is 29.4 Å². The molecule has 7 aliphatic rings. The molecule has 0 aromatic rings. The topological polar surface area (TPSA) is 325 Å². The number of carbonyl (C=O) groups excluding carboxylic acids is 4. The Morgan fingerprint density at radius 1 is 0.779 bits per heavy atom. The van der Waals surface area contributed by atoms with Crippen molar-refractivity contribution in [2.75, 3.05) is 13.7 Å². The van der Waals surface area contributed by atoms with Gasteiger partial charge in [-0.2, -0.15) is 0 Å². The molecule has 2 aliphatic heterocycles. The summed E-state index contributed by atoms with van der Waals surface area (Å²) >= 11 is 0. The van der Waals surface area contributed by atoms with E-state index in [0.717, 1.165) is 31.9 Å². The fraction of sp³-hybridized carbons (Fsp3) is 0.833. The number of carboxylic acids is 2. The van der Waals surface area contributed by atoms with Crippen molar-refractivity contribution < 1.29 is 92.9 Å². The van der Waals surface area contributed by atoms with Crippen LogP contribution in [0.15, 0.2) is 11.6 Å². The molecule has 0 radical (unpaired) electrons. The van der Waals surface area contributed by atoms with Crippen LogP contribution in [0.2, 0.25) is 0 Å². The second-order valence-corrected chi connectivity index (χ2v) is 22.8. The first kappa shape index (κ1) is 52.4. The highest BCUT2D eigenvalue weighted by molar-refractivity contribution is 5.96. The maximum Gasteiger partial charge on any atom is 0.338 e. The second-order valence-electron chi connectivity index (χ2n) is 22.8. The molecule has 7 rings (SSSR count). The molecule has 4 saturated carbocycles. The molecule has 68 heavy (non-hydrogen) atoms. The normalized spacial score (nSPS) is 46.9. The van der Waals surface area contributed by atoms with E-state index in [1.54, 1.807) is 0 Å². The number of carbonyl (C=O) groups is 6. The lowest BCUT2D eigenvalue weighted by Gasteiger charge is -2.70. The average molecular weight is 966 g/mol. The average Bonchev–Trinajstić information content (AvgIpc) is 3.26. The Bertz CT molecular complexity index is 2060. The smallest absolute Gasteiger partial charge is 0.338 e. The van der Waals surface area contributed by atoms with Gasteiger partial charge in [-0.05, 0) is 110 Å². The molecule has 0 spiro atoms. The first-order valence-corrected chi connectivity index (χ1v) is 23.8. The van der Waals surface area contributed by atoms with Crippen molar-refractivity contribution >= 4 is 35.4 Å². The molecule has 382 valence electrons. The van der Waals surface area contributed by atoms with Crippen molar-refractivity contribution in [2.45, 2.75) is 186 Å². The van der Waals surface area contributed by atoms with Crippen molar-refractivity contribution in [3.8, 4) is 0 Å². The zero-order chi connectivity index (χ0) is 50.4. The summed E-state index contributed by atoms with van der Waals surface area (Å²) in [6.07, 6.45) is -14.0. The van der Waals surface area contributed by atoms with Crippen LogP contribution in [0, 0.1) is 50.2 Å². The number of ketones is 2. The van der Waals surface area contributed by atoms with Crippen LogP contribution in [-0.2, 0) is 57.2 Å². The summed E-state index contributed by atoms with van der Waals surface area (Å²) in [6, 6.07) is -1.35. The van der Waals surface area contributed by atoms with Gasteiger partial charge in [-0.25, -0.2) is 9.59 Å². The molecule has 0 bridgehead atoms. The highest BCUT2D eigenvalue weighted by Crippen LogP contribution is 2.75. The molecule has 20 nitrogen and oxygen atoms in total. The fourth-order valence-electron chi connectivity index (χ4n) is 14.1. The van der Waals surface area contributed by atoms with E-state index in [9.17, 15) is 64.5 Å². The van der Waals surface area contributed by atoms with Crippen LogP contribution in [0.4, 0.5) is 0 Å². The lowest BCUT2D eigenvalue weighted by Crippen LogP contribution is -2.68. The maximum absolute atomic E-state index is 15.0. The van der Waals surface area contributed by atoms with Crippen molar-refractivity contribution in [1.82, 2.24) is 0 Å². The van der Waals surface area contributed by atoms with Gasteiger partial charge in [0.05, 0.1) is 18.6 Å². The summed E-state index contributed by atoms with van der Waals surface area (Å²) in [5.74, 6) is -6.09. The number of allylic oxidation sites excluding steroid dienone is 2. The first-order chi connectivity index (χ1) is 31.5. The minimum atomic E-state index is -2.15. The van der Waals surface area contributed by atoms with Gasteiger partial charge in [-0.1, -0.05) is 47.1 Å². The first-order valence-electron chi connectivity index (χ1n) is 23.8. The number of hydrogen-bond acceptors (Lipinski definition) is 18. The van der Waals surface area contributed by atoms with Crippen molar-refractivity contribution in [3.05, 3.63) is 11.6 Å². The fourth-order valence-corrected chi connectivity index (χ4v) is 14.1. The summed E-state index contributed by atoms with van der Waals surface area (Å²) < 4.78 is 33.6. The predicted octanol–water partition coefficient (Wildman–Crippen LogP) is 1.16. The van der Waals surface area contributed by atoms with Gasteiger partial charge in [0.15, 0.2) is 36.4 Å². The molecule has 0 aromatic heterocycles. The molecule has 0 aromatic carbocycles. The quantitative estimate of drug-likeness (QED) is 0.100. The lowest BCUT2D eigenvalue weighted by molar-refractivity contribution is -0.371. The number of aliphatic carboxylic acids is 2. The number of fused-ring (bicyclic) bond motifs is 7. The maximum atomic E-state index is 15.0. The van der Waals surface area contributed by atoms with E-state index >= 15 is 0 Å². The van der Waals surface area contributed by atoms with E-state index in [2.05, 4.69) is 32.4 Å². The van der Waals surface area contributed by atoms with E-state index in [0.29, 0.717) is 38.5 Å². The summed E-state index contributed by atoms with van der Waals surface area (Å²) in [5, 5.41) is 74.7. The van der Waals surface area contributed by atoms with E-state index in [1.165, 1.54) is 0 Å². The Morgan fingerprint density at radius 3 is 2.04 bits per heavy atom. The van der Waals surface area contributed by atoms with Crippen LogP contribution in [0.5, 0.6) is 0 Å². The van der Waals surface area contributed by atoms with Crippen LogP contribution in [0.25, 0.3) is 0 Å². The largest absolute Gasteiger partial charge is 0.481 e. The predicted molar refractivity (Wildman–Crippen MR) is 232 cm³/mol. The minimum absolute atomic E-state index is 0.0282. The second kappa shape index (κ2) is 18.3. The van der Waals surface area contributed by atoms with Gasteiger partial charge in [0.25, 0.3) is 0 Å². The van der Waals surface area contributed by atoms with Gasteiger partial charge in [0, 0.05) is 12.3 Å². The number of methoxy groups -OCH3 is 1. The van der Waals surface area contributed by atoms with E-state index < -0.39 is 144 Å². The molecule has 2 saturated heterocycles. The third-order valence-electron chi connectivity index (χ3n) is 18.5. The summed E-state index contributed by atoms with van der Waals surface area (Å²) in [7, 11) is 1.08. The van der Waals surface area contributed by atoms with Gasteiger partial charge in [0.2, 0.25) is 0 Å². The molecular formula is C48H71NO19. The van der Waals surface area contributed by atoms with Gasteiger partial charge in [-0.3, -0.25) is 19.2 Å². The third-order valence-corrected chi connectivity index (χ3v) is 18.5. The number of hydrogen-bond donors (Lipinski definition) is 8. The molecule has 2 heterocycles. The van der Waals surface area contributed by atoms with Crippen LogP contribution in [-0.4, -0.2) is 158 Å². The van der Waals surface area contributed by atoms with Crippen molar-refractivity contribution in [3.63, 3.8) is 0 Å². The highest BCUT2D eigenvalue weighted by atomic mass is 16.8. The Hall–Kier alpha value is -3.44. The minimum Gasteiger partial charge on any atom is -0.481 e. The molecule has 6 fully saturated rings. The molecule has 20 heteroatoms. The lowest BCUT2D eigenvalue weighted by atomic mass is 9.33. The number of aliphatic hydroxyl groups is 5. The Labute approximate surface area is 395 Å².